The number of para-hydroxylation sites is 1. The third-order valence-corrected chi connectivity index (χ3v) is 7.76. The molecule has 1 unspecified atom stereocenters. The lowest BCUT2D eigenvalue weighted by molar-refractivity contribution is 0.430. The molecule has 6 nitrogen and oxygen atoms in total. The van der Waals surface area contributed by atoms with E-state index in [1.54, 1.807) is 0 Å². The Kier molecular flexibility index (Phi) is 5.72. The lowest BCUT2D eigenvalue weighted by atomic mass is 9.97. The number of aromatic nitrogens is 4. The summed E-state index contributed by atoms with van der Waals surface area (Å²) in [6, 6.07) is 19.1. The second kappa shape index (κ2) is 9.04. The van der Waals surface area contributed by atoms with Crippen LogP contribution in [0, 0.1) is 19.8 Å². The molecule has 0 saturated carbocycles. The quantitative estimate of drug-likeness (QED) is 0.270. The Hall–Kier alpha value is -3.32. The molecule has 5 aromatic rings. The van der Waals surface area contributed by atoms with Crippen LogP contribution in [-0.4, -0.2) is 39.2 Å². The second-order valence-corrected chi connectivity index (χ2v) is 10.4. The topological polar surface area (TPSA) is 61.2 Å². The van der Waals surface area contributed by atoms with Crippen molar-refractivity contribution in [3.05, 3.63) is 76.4 Å². The standard InChI is InChI=1S/C28H29BrN6/c1-18-8-3-4-10-21(18)25-14-26(35-28(33-25)23(29)16-31-35)30-15-20-9-7-13-34(17-20)27-19(2)22-11-5-6-12-24(22)32-27/h3-6,8,10-12,14,16,20,30,32H,7,9,13,15,17H2,1-2H3. The molecule has 4 heterocycles. The van der Waals surface area contributed by atoms with Crippen molar-refractivity contribution in [2.75, 3.05) is 29.9 Å². The van der Waals surface area contributed by atoms with E-state index in [9.17, 15) is 0 Å². The smallest absolute Gasteiger partial charge is 0.172 e. The van der Waals surface area contributed by atoms with Gasteiger partial charge >= 0.3 is 0 Å². The van der Waals surface area contributed by atoms with Crippen molar-refractivity contribution in [1.29, 1.82) is 0 Å². The van der Waals surface area contributed by atoms with Crippen molar-refractivity contribution in [3.8, 4) is 11.3 Å². The molecule has 35 heavy (non-hydrogen) atoms. The van der Waals surface area contributed by atoms with Gasteiger partial charge in [-0.2, -0.15) is 9.61 Å². The number of halogens is 1. The molecule has 1 saturated heterocycles. The monoisotopic (exact) mass is 528 g/mol. The lowest BCUT2D eigenvalue weighted by Gasteiger charge is -2.34. The van der Waals surface area contributed by atoms with Crippen LogP contribution in [0.25, 0.3) is 27.8 Å². The van der Waals surface area contributed by atoms with E-state index >= 15 is 0 Å². The maximum Gasteiger partial charge on any atom is 0.172 e. The first-order chi connectivity index (χ1) is 17.1. The number of rotatable bonds is 5. The van der Waals surface area contributed by atoms with Crippen molar-refractivity contribution in [2.45, 2.75) is 26.7 Å². The fourth-order valence-corrected chi connectivity index (χ4v) is 5.68. The predicted molar refractivity (Wildman–Crippen MR) is 147 cm³/mol. The fourth-order valence-electron chi connectivity index (χ4n) is 5.33. The van der Waals surface area contributed by atoms with E-state index in [4.69, 9.17) is 4.98 Å². The zero-order chi connectivity index (χ0) is 23.9. The third kappa shape index (κ3) is 4.08. The zero-order valence-electron chi connectivity index (χ0n) is 20.1. The number of fused-ring (bicyclic) bond motifs is 2. The Morgan fingerprint density at radius 1 is 1.11 bits per heavy atom. The van der Waals surface area contributed by atoms with E-state index in [0.717, 1.165) is 46.8 Å². The summed E-state index contributed by atoms with van der Waals surface area (Å²) in [7, 11) is 0. The Balaban J connectivity index is 1.25. The molecule has 0 bridgehead atoms. The predicted octanol–water partition coefficient (Wildman–Crippen LogP) is 6.59. The number of nitrogens with one attached hydrogen (secondary N) is 2. The van der Waals surface area contributed by atoms with E-state index in [2.05, 4.69) is 105 Å². The van der Waals surface area contributed by atoms with Crippen LogP contribution in [0.4, 0.5) is 11.6 Å². The number of aryl methyl sites for hydroxylation is 2. The highest BCUT2D eigenvalue weighted by Gasteiger charge is 2.23. The highest BCUT2D eigenvalue weighted by Crippen LogP contribution is 2.32. The third-order valence-electron chi connectivity index (χ3n) is 7.20. The van der Waals surface area contributed by atoms with E-state index in [1.807, 2.05) is 10.7 Å². The first-order valence-corrected chi connectivity index (χ1v) is 13.0. The van der Waals surface area contributed by atoms with Gasteiger partial charge in [-0.25, -0.2) is 4.98 Å². The summed E-state index contributed by atoms with van der Waals surface area (Å²) in [5.74, 6) is 2.77. The van der Waals surface area contributed by atoms with Crippen LogP contribution in [0.5, 0.6) is 0 Å². The molecule has 2 N–H and O–H groups in total. The van der Waals surface area contributed by atoms with Crippen LogP contribution in [0.2, 0.25) is 0 Å². The molecule has 2 aromatic carbocycles. The van der Waals surface area contributed by atoms with Gasteiger partial charge in [0, 0.05) is 42.2 Å². The molecular formula is C28H29BrN6. The van der Waals surface area contributed by atoms with Crippen molar-refractivity contribution in [2.24, 2.45) is 5.92 Å². The summed E-state index contributed by atoms with van der Waals surface area (Å²) in [5, 5.41) is 9.60. The largest absolute Gasteiger partial charge is 0.370 e. The molecule has 178 valence electrons. The molecule has 7 heteroatoms. The summed E-state index contributed by atoms with van der Waals surface area (Å²) in [6.45, 7) is 7.36. The van der Waals surface area contributed by atoms with Crippen molar-refractivity contribution in [1.82, 2.24) is 19.6 Å². The second-order valence-electron chi connectivity index (χ2n) is 9.55. The van der Waals surface area contributed by atoms with E-state index < -0.39 is 0 Å². The number of H-pyrrole nitrogens is 1. The van der Waals surface area contributed by atoms with E-state index in [1.165, 1.54) is 40.7 Å². The van der Waals surface area contributed by atoms with Gasteiger partial charge in [-0.05, 0) is 65.7 Å². The van der Waals surface area contributed by atoms with Crippen LogP contribution < -0.4 is 10.2 Å². The number of hydrogen-bond donors (Lipinski definition) is 2. The fraction of sp³-hybridized carbons (Fsp3) is 0.286. The summed E-state index contributed by atoms with van der Waals surface area (Å²) < 4.78 is 2.79. The van der Waals surface area contributed by atoms with Crippen molar-refractivity contribution in [3.63, 3.8) is 0 Å². The summed E-state index contributed by atoms with van der Waals surface area (Å²) >= 11 is 3.63. The Labute approximate surface area is 213 Å². The normalized spacial score (nSPS) is 16.3. The van der Waals surface area contributed by atoms with Crippen LogP contribution >= 0.6 is 15.9 Å². The molecule has 3 aromatic heterocycles. The van der Waals surface area contributed by atoms with Crippen LogP contribution in [0.3, 0.4) is 0 Å². The van der Waals surface area contributed by atoms with E-state index in [-0.39, 0.29) is 0 Å². The number of benzene rings is 2. The Morgan fingerprint density at radius 3 is 2.80 bits per heavy atom. The number of piperidine rings is 1. The summed E-state index contributed by atoms with van der Waals surface area (Å²) in [5.41, 5.74) is 6.69. The molecule has 0 spiro atoms. The molecule has 0 radical (unpaired) electrons. The zero-order valence-corrected chi connectivity index (χ0v) is 21.6. The van der Waals surface area contributed by atoms with Gasteiger partial charge in [-0.1, -0.05) is 42.5 Å². The highest BCUT2D eigenvalue weighted by atomic mass is 79.9. The van der Waals surface area contributed by atoms with Gasteiger partial charge in [-0.15, -0.1) is 0 Å². The van der Waals surface area contributed by atoms with Gasteiger partial charge in [-0.3, -0.25) is 0 Å². The molecular weight excluding hydrogens is 500 g/mol. The minimum atomic E-state index is 0.540. The van der Waals surface area contributed by atoms with Gasteiger partial charge in [0.2, 0.25) is 0 Å². The van der Waals surface area contributed by atoms with E-state index in [0.29, 0.717) is 5.92 Å². The van der Waals surface area contributed by atoms with Crippen molar-refractivity contribution < 1.29 is 0 Å². The molecule has 0 aliphatic carbocycles. The average Bonchev–Trinajstić information content (AvgIpc) is 3.43. The van der Waals surface area contributed by atoms with Gasteiger partial charge < -0.3 is 15.2 Å². The minimum absolute atomic E-state index is 0.540. The number of anilines is 2. The average molecular weight is 529 g/mol. The maximum absolute atomic E-state index is 4.90. The maximum atomic E-state index is 4.90. The van der Waals surface area contributed by atoms with Crippen LogP contribution in [0.1, 0.15) is 24.0 Å². The van der Waals surface area contributed by atoms with Gasteiger partial charge in [0.15, 0.2) is 5.65 Å². The number of nitrogens with zero attached hydrogens (tertiary/aromatic N) is 4. The van der Waals surface area contributed by atoms with Crippen LogP contribution in [0.15, 0.2) is 65.3 Å². The minimum Gasteiger partial charge on any atom is -0.370 e. The van der Waals surface area contributed by atoms with Crippen LogP contribution in [-0.2, 0) is 0 Å². The molecule has 1 aliphatic heterocycles. The summed E-state index contributed by atoms with van der Waals surface area (Å²) in [6.07, 6.45) is 4.22. The lowest BCUT2D eigenvalue weighted by Crippen LogP contribution is -2.38. The highest BCUT2D eigenvalue weighted by molar-refractivity contribution is 9.10. The first-order valence-electron chi connectivity index (χ1n) is 12.2. The van der Waals surface area contributed by atoms with Gasteiger partial charge in [0.1, 0.15) is 11.6 Å². The van der Waals surface area contributed by atoms with Gasteiger partial charge in [0.25, 0.3) is 0 Å². The molecule has 1 atom stereocenters. The SMILES string of the molecule is Cc1ccccc1-c1cc(NCC2CCCN(c3[nH]c4ccccc4c3C)C2)n2ncc(Br)c2n1. The van der Waals surface area contributed by atoms with Gasteiger partial charge in [0.05, 0.1) is 16.4 Å². The molecule has 1 aliphatic rings. The molecule has 6 rings (SSSR count). The Bertz CT molecular complexity index is 1520. The first kappa shape index (κ1) is 22.2. The molecule has 0 amide bonds. The Morgan fingerprint density at radius 2 is 1.94 bits per heavy atom. The number of hydrogen-bond acceptors (Lipinski definition) is 4. The number of aromatic amines is 1. The molecule has 1 fully saturated rings. The summed E-state index contributed by atoms with van der Waals surface area (Å²) in [4.78, 5) is 11.1. The van der Waals surface area contributed by atoms with Crippen molar-refractivity contribution >= 4 is 44.1 Å².